The molecule has 1 saturated carbocycles. The second-order valence-corrected chi connectivity index (χ2v) is 7.30. The molecule has 5 nitrogen and oxygen atoms in total. The van der Waals surface area contributed by atoms with E-state index in [2.05, 4.69) is 16.0 Å². The number of aryl methyl sites for hydroxylation is 1. The molecule has 1 aliphatic carbocycles. The minimum absolute atomic E-state index is 0.0983. The Balaban J connectivity index is 1.61. The summed E-state index contributed by atoms with van der Waals surface area (Å²) in [5.41, 5.74) is 2.82. The molecule has 27 heavy (non-hydrogen) atoms. The second-order valence-electron chi connectivity index (χ2n) is 6.86. The largest absolute Gasteiger partial charge is 0.376 e. The van der Waals surface area contributed by atoms with Crippen LogP contribution in [-0.4, -0.2) is 24.4 Å². The monoisotopic (exact) mass is 385 g/mol. The van der Waals surface area contributed by atoms with Crippen LogP contribution in [0.15, 0.2) is 42.5 Å². The molecule has 3 N–H and O–H groups in total. The highest BCUT2D eigenvalue weighted by Crippen LogP contribution is 2.21. The van der Waals surface area contributed by atoms with Gasteiger partial charge in [-0.3, -0.25) is 9.59 Å². The van der Waals surface area contributed by atoms with Crippen molar-refractivity contribution in [3.63, 3.8) is 0 Å². The lowest BCUT2D eigenvalue weighted by atomic mass is 10.1. The number of halogens is 1. The highest BCUT2D eigenvalue weighted by atomic mass is 35.5. The van der Waals surface area contributed by atoms with E-state index in [4.69, 9.17) is 11.6 Å². The third-order valence-corrected chi connectivity index (χ3v) is 5.00. The first-order valence-corrected chi connectivity index (χ1v) is 9.60. The number of benzene rings is 2. The van der Waals surface area contributed by atoms with E-state index in [1.807, 2.05) is 19.1 Å². The molecule has 0 bridgehead atoms. The summed E-state index contributed by atoms with van der Waals surface area (Å²) in [6.07, 6.45) is 4.34. The van der Waals surface area contributed by atoms with Crippen molar-refractivity contribution < 1.29 is 9.59 Å². The van der Waals surface area contributed by atoms with Crippen LogP contribution in [0.5, 0.6) is 0 Å². The molecule has 0 spiro atoms. The lowest BCUT2D eigenvalue weighted by Gasteiger charge is -2.15. The van der Waals surface area contributed by atoms with Gasteiger partial charge in [0, 0.05) is 16.8 Å². The predicted octanol–water partition coefficient (Wildman–Crippen LogP) is 4.37. The zero-order valence-corrected chi connectivity index (χ0v) is 16.1. The fourth-order valence-corrected chi connectivity index (χ4v) is 3.55. The quantitative estimate of drug-likeness (QED) is 0.691. The summed E-state index contributed by atoms with van der Waals surface area (Å²) in [6.45, 7) is 2.02. The third kappa shape index (κ3) is 5.23. The van der Waals surface area contributed by atoms with Crippen LogP contribution in [0.3, 0.4) is 0 Å². The Bertz CT molecular complexity index is 832. The van der Waals surface area contributed by atoms with Gasteiger partial charge in [-0.05, 0) is 55.7 Å². The lowest BCUT2D eigenvalue weighted by molar-refractivity contribution is -0.114. The lowest BCUT2D eigenvalue weighted by Crippen LogP contribution is -2.33. The van der Waals surface area contributed by atoms with Gasteiger partial charge in [0.1, 0.15) is 0 Å². The summed E-state index contributed by atoms with van der Waals surface area (Å²) in [5.74, 6) is -0.357. The van der Waals surface area contributed by atoms with Crippen LogP contribution < -0.4 is 16.0 Å². The molecule has 142 valence electrons. The van der Waals surface area contributed by atoms with E-state index in [-0.39, 0.29) is 24.4 Å². The van der Waals surface area contributed by atoms with E-state index in [1.165, 1.54) is 0 Å². The van der Waals surface area contributed by atoms with Gasteiger partial charge in [0.05, 0.1) is 17.8 Å². The normalized spacial score (nSPS) is 14.0. The zero-order chi connectivity index (χ0) is 19.2. The molecule has 0 atom stereocenters. The molecule has 0 unspecified atom stereocenters. The van der Waals surface area contributed by atoms with Gasteiger partial charge in [0.2, 0.25) is 5.91 Å². The van der Waals surface area contributed by atoms with E-state index in [1.54, 1.807) is 30.3 Å². The van der Waals surface area contributed by atoms with Crippen molar-refractivity contribution in [1.82, 2.24) is 5.32 Å². The molecule has 3 rings (SSSR count). The molecule has 0 aliphatic heterocycles. The van der Waals surface area contributed by atoms with Gasteiger partial charge < -0.3 is 16.0 Å². The molecule has 0 radical (unpaired) electrons. The second kappa shape index (κ2) is 8.91. The molecule has 1 aliphatic rings. The number of carbonyl (C=O) groups excluding carboxylic acids is 2. The highest BCUT2D eigenvalue weighted by molar-refractivity contribution is 6.30. The van der Waals surface area contributed by atoms with Crippen molar-refractivity contribution in [3.05, 3.63) is 58.6 Å². The average molecular weight is 386 g/mol. The van der Waals surface area contributed by atoms with E-state index < -0.39 is 0 Å². The summed E-state index contributed by atoms with van der Waals surface area (Å²) < 4.78 is 0. The molecular formula is C21H24ClN3O2. The van der Waals surface area contributed by atoms with Crippen molar-refractivity contribution in [1.29, 1.82) is 0 Å². The minimum atomic E-state index is -0.217. The predicted molar refractivity (Wildman–Crippen MR) is 109 cm³/mol. The van der Waals surface area contributed by atoms with Crippen molar-refractivity contribution in [2.24, 2.45) is 0 Å². The van der Waals surface area contributed by atoms with Gasteiger partial charge >= 0.3 is 0 Å². The van der Waals surface area contributed by atoms with Crippen molar-refractivity contribution in [3.8, 4) is 0 Å². The Kier molecular flexibility index (Phi) is 6.35. The van der Waals surface area contributed by atoms with Gasteiger partial charge in [-0.15, -0.1) is 0 Å². The number of amides is 2. The van der Waals surface area contributed by atoms with Crippen LogP contribution in [0.25, 0.3) is 0 Å². The zero-order valence-electron chi connectivity index (χ0n) is 15.3. The molecule has 2 aromatic carbocycles. The number of nitrogens with one attached hydrogen (secondary N) is 3. The summed E-state index contributed by atoms with van der Waals surface area (Å²) in [5, 5.41) is 9.64. The van der Waals surface area contributed by atoms with E-state index >= 15 is 0 Å². The van der Waals surface area contributed by atoms with Crippen LogP contribution in [0.1, 0.15) is 41.6 Å². The van der Waals surface area contributed by atoms with Crippen LogP contribution >= 0.6 is 11.6 Å². The fourth-order valence-electron chi connectivity index (χ4n) is 3.32. The summed E-state index contributed by atoms with van der Waals surface area (Å²) in [7, 11) is 0. The van der Waals surface area contributed by atoms with Crippen molar-refractivity contribution in [2.75, 3.05) is 17.2 Å². The standard InChI is InChI=1S/C21H24ClN3O2/c1-14-12-15(22)10-11-18(14)23-13-20(26)25-19-9-5-4-8-17(19)21(27)24-16-6-2-3-7-16/h4-5,8-12,16,23H,2-3,6-7,13H2,1H3,(H,24,27)(H,25,26). The molecule has 1 fully saturated rings. The Morgan fingerprint density at radius 1 is 1.07 bits per heavy atom. The molecule has 2 amide bonds. The molecule has 6 heteroatoms. The van der Waals surface area contributed by atoms with Gasteiger partial charge in [-0.1, -0.05) is 36.6 Å². The molecular weight excluding hydrogens is 362 g/mol. The van der Waals surface area contributed by atoms with Gasteiger partial charge in [-0.25, -0.2) is 0 Å². The summed E-state index contributed by atoms with van der Waals surface area (Å²) >= 11 is 5.95. The van der Waals surface area contributed by atoms with Crippen molar-refractivity contribution in [2.45, 2.75) is 38.6 Å². The Labute approximate surface area is 164 Å². The number of para-hydroxylation sites is 1. The van der Waals surface area contributed by atoms with Crippen LogP contribution in [0.2, 0.25) is 5.02 Å². The van der Waals surface area contributed by atoms with Crippen LogP contribution in [-0.2, 0) is 4.79 Å². The fraction of sp³-hybridized carbons (Fsp3) is 0.333. The number of hydrogen-bond donors (Lipinski definition) is 3. The summed E-state index contributed by atoms with van der Waals surface area (Å²) in [6, 6.07) is 12.8. The first-order chi connectivity index (χ1) is 13.0. The Hall–Kier alpha value is -2.53. The topological polar surface area (TPSA) is 70.2 Å². The summed E-state index contributed by atoms with van der Waals surface area (Å²) in [4.78, 5) is 24.9. The smallest absolute Gasteiger partial charge is 0.253 e. The molecule has 0 aromatic heterocycles. The Morgan fingerprint density at radius 2 is 1.81 bits per heavy atom. The number of hydrogen-bond acceptors (Lipinski definition) is 3. The SMILES string of the molecule is Cc1cc(Cl)ccc1NCC(=O)Nc1ccccc1C(=O)NC1CCCC1. The van der Waals surface area contributed by atoms with Gasteiger partial charge in [-0.2, -0.15) is 0 Å². The van der Waals surface area contributed by atoms with E-state index in [9.17, 15) is 9.59 Å². The molecule has 0 heterocycles. The number of rotatable bonds is 6. The number of anilines is 2. The minimum Gasteiger partial charge on any atom is -0.376 e. The first-order valence-electron chi connectivity index (χ1n) is 9.22. The molecule has 0 saturated heterocycles. The van der Waals surface area contributed by atoms with Crippen LogP contribution in [0, 0.1) is 6.92 Å². The van der Waals surface area contributed by atoms with Gasteiger partial charge in [0.25, 0.3) is 5.91 Å². The van der Waals surface area contributed by atoms with Gasteiger partial charge in [0.15, 0.2) is 0 Å². The highest BCUT2D eigenvalue weighted by Gasteiger charge is 2.20. The van der Waals surface area contributed by atoms with E-state index in [0.29, 0.717) is 16.3 Å². The number of carbonyl (C=O) groups is 2. The maximum atomic E-state index is 12.6. The third-order valence-electron chi connectivity index (χ3n) is 4.76. The van der Waals surface area contributed by atoms with Crippen molar-refractivity contribution >= 4 is 34.8 Å². The Morgan fingerprint density at radius 3 is 2.56 bits per heavy atom. The maximum absolute atomic E-state index is 12.6. The molecule has 2 aromatic rings. The van der Waals surface area contributed by atoms with E-state index in [0.717, 1.165) is 36.9 Å². The average Bonchev–Trinajstić information content (AvgIpc) is 3.14. The first kappa shape index (κ1) is 19.2. The maximum Gasteiger partial charge on any atom is 0.253 e. The van der Waals surface area contributed by atoms with Crippen LogP contribution in [0.4, 0.5) is 11.4 Å².